The minimum Gasteiger partial charge on any atom is -0.508 e. The maximum atomic E-state index is 12.6. The molecule has 1 aromatic rings. The summed E-state index contributed by atoms with van der Waals surface area (Å²) in [5.74, 6) is -4.16. The van der Waals surface area contributed by atoms with Crippen LogP contribution in [0, 0.1) is 0 Å². The number of benzene rings is 1. The lowest BCUT2D eigenvalue weighted by Crippen LogP contribution is -2.45. The molecule has 0 bridgehead atoms. The van der Waals surface area contributed by atoms with Crippen molar-refractivity contribution in [2.24, 2.45) is 5.73 Å². The van der Waals surface area contributed by atoms with Crippen LogP contribution < -0.4 is 5.73 Å². The quantitative estimate of drug-likeness (QED) is 0.824. The summed E-state index contributed by atoms with van der Waals surface area (Å²) >= 11 is 0. The Morgan fingerprint density at radius 2 is 2.30 bits per heavy atom. The van der Waals surface area contributed by atoms with Gasteiger partial charge >= 0.3 is 0 Å². The fourth-order valence-electron chi connectivity index (χ4n) is 1.91. The van der Waals surface area contributed by atoms with Gasteiger partial charge in [-0.15, -0.1) is 0 Å². The van der Waals surface area contributed by atoms with Crippen molar-refractivity contribution >= 4 is 17.6 Å². The predicted octanol–water partition coefficient (Wildman–Crippen LogP) is 0.571. The molecule has 0 saturated heterocycles. The zero-order valence-corrected chi connectivity index (χ0v) is 10.6. The van der Waals surface area contributed by atoms with Crippen LogP contribution in [0.5, 0.6) is 5.75 Å². The van der Waals surface area contributed by atoms with Gasteiger partial charge in [-0.1, -0.05) is 6.07 Å². The van der Waals surface area contributed by atoms with Gasteiger partial charge in [0.1, 0.15) is 17.6 Å². The summed E-state index contributed by atoms with van der Waals surface area (Å²) in [5, 5.41) is 9.84. The fraction of sp³-hybridized carbons (Fsp3) is 0.357. The van der Waals surface area contributed by atoms with Crippen LogP contribution in [-0.2, 0) is 16.1 Å². The molecule has 1 atom stereocenters. The van der Waals surface area contributed by atoms with Crippen LogP contribution in [0.3, 0.4) is 0 Å². The number of nitrogens with two attached hydrogens (primary N) is 1. The molecule has 0 saturated carbocycles. The summed E-state index contributed by atoms with van der Waals surface area (Å²) in [6.07, 6.45) is -6.72. The molecule has 3 N–H and O–H groups in total. The molecule has 0 radical (unpaired) electrons. The molecule has 2 amide bonds. The number of phenolic OH excluding ortho intramolecular Hbond substituents is 1. The van der Waals surface area contributed by atoms with E-state index in [1.807, 2.05) is 0 Å². The van der Waals surface area contributed by atoms with Gasteiger partial charge in [-0.3, -0.25) is 9.59 Å². The summed E-state index contributed by atoms with van der Waals surface area (Å²) in [4.78, 5) is 36.5. The minimum absolute atomic E-state index is 0.0583. The van der Waals surface area contributed by atoms with Crippen molar-refractivity contribution in [3.05, 3.63) is 29.3 Å². The number of hydrogen-bond acceptors (Lipinski definition) is 4. The van der Waals surface area contributed by atoms with Crippen molar-refractivity contribution in [2.75, 3.05) is 0 Å². The first-order valence-corrected chi connectivity index (χ1v) is 5.74. The number of hydrogen-bond donors (Lipinski definition) is 2. The molecule has 0 fully saturated rings. The zero-order valence-electron chi connectivity index (χ0n) is 15.6. The number of rotatable bonds is 5. The van der Waals surface area contributed by atoms with E-state index in [1.54, 1.807) is 0 Å². The van der Waals surface area contributed by atoms with Crippen molar-refractivity contribution in [2.45, 2.75) is 32.2 Å². The van der Waals surface area contributed by atoms with Crippen LogP contribution >= 0.6 is 0 Å². The summed E-state index contributed by atoms with van der Waals surface area (Å²) in [6, 6.07) is 0.725. The lowest BCUT2D eigenvalue weighted by molar-refractivity contribution is -0.123. The second-order valence-corrected chi connectivity index (χ2v) is 4.21. The van der Waals surface area contributed by atoms with Gasteiger partial charge in [0.2, 0.25) is 5.91 Å². The van der Waals surface area contributed by atoms with Crippen molar-refractivity contribution in [1.29, 1.82) is 0 Å². The van der Waals surface area contributed by atoms with E-state index in [9.17, 15) is 19.5 Å². The lowest BCUT2D eigenvalue weighted by atomic mass is 10.1. The number of aromatic hydroxyl groups is 1. The van der Waals surface area contributed by atoms with E-state index in [-0.39, 0.29) is 16.9 Å². The molecule has 2 rings (SSSR count). The molecule has 20 heavy (non-hydrogen) atoms. The molecule has 1 heterocycles. The first-order chi connectivity index (χ1) is 11.3. The number of amides is 2. The standard InChI is InChI=1S/C14H16N2O4/c1-8(17)5-6-11(13(15)19)16-7-10-9(14(16)20)3-2-4-12(10)18/h2-4,11,18H,5-7H2,1H3,(H2,15,19)/t11-/m0/s1/i5D2,6D2,11D. The Morgan fingerprint density at radius 1 is 1.60 bits per heavy atom. The van der Waals surface area contributed by atoms with Gasteiger partial charge in [-0.05, 0) is 25.4 Å². The van der Waals surface area contributed by atoms with Gasteiger partial charge in [0.05, 0.1) is 7.92 Å². The highest BCUT2D eigenvalue weighted by Crippen LogP contribution is 2.31. The Kier molecular flexibility index (Phi) is 2.32. The monoisotopic (exact) mass is 281 g/mol. The highest BCUT2D eigenvalue weighted by Gasteiger charge is 2.36. The number of Topliss-reactive ketones (excluding diaryl/α,β-unsaturated/α-hetero) is 1. The molecule has 1 aliphatic rings. The van der Waals surface area contributed by atoms with E-state index < -0.39 is 42.9 Å². The van der Waals surface area contributed by atoms with E-state index in [1.165, 1.54) is 18.2 Å². The van der Waals surface area contributed by atoms with Crippen LogP contribution in [0.4, 0.5) is 0 Å². The van der Waals surface area contributed by atoms with E-state index in [4.69, 9.17) is 12.6 Å². The lowest BCUT2D eigenvalue weighted by Gasteiger charge is -2.24. The van der Waals surface area contributed by atoms with Crippen LogP contribution in [-0.4, -0.2) is 33.6 Å². The van der Waals surface area contributed by atoms with Crippen molar-refractivity contribution in [1.82, 2.24) is 4.90 Å². The maximum Gasteiger partial charge on any atom is 0.255 e. The largest absolute Gasteiger partial charge is 0.508 e. The summed E-state index contributed by atoms with van der Waals surface area (Å²) in [5.41, 5.74) is 5.17. The molecular formula is C14H16N2O4. The number of carbonyl (C=O) groups excluding carboxylic acids is 3. The smallest absolute Gasteiger partial charge is 0.255 e. The Hall–Kier alpha value is -2.37. The number of fused-ring (bicyclic) bond motifs is 1. The Labute approximate surface area is 123 Å². The van der Waals surface area contributed by atoms with Crippen molar-refractivity contribution in [3.8, 4) is 5.75 Å². The van der Waals surface area contributed by atoms with E-state index >= 15 is 0 Å². The average molecular weight is 281 g/mol. The van der Waals surface area contributed by atoms with Gasteiger partial charge < -0.3 is 20.5 Å². The zero-order chi connectivity index (χ0) is 19.4. The van der Waals surface area contributed by atoms with Crippen LogP contribution in [0.1, 0.15) is 42.4 Å². The summed E-state index contributed by atoms with van der Waals surface area (Å²) in [6.45, 7) is 0.242. The van der Waals surface area contributed by atoms with Crippen LogP contribution in [0.25, 0.3) is 0 Å². The molecule has 0 aliphatic carbocycles. The average Bonchev–Trinajstić information content (AvgIpc) is 2.84. The van der Waals surface area contributed by atoms with E-state index in [0.717, 1.165) is 6.92 Å². The molecule has 1 aromatic carbocycles. The number of nitrogens with zero attached hydrogens (tertiary/aromatic N) is 1. The van der Waals surface area contributed by atoms with Crippen LogP contribution in [0.2, 0.25) is 0 Å². The molecule has 0 spiro atoms. The first kappa shape index (κ1) is 8.73. The second kappa shape index (κ2) is 5.32. The van der Waals surface area contributed by atoms with Crippen LogP contribution in [0.15, 0.2) is 18.2 Å². The normalized spacial score (nSPS) is 21.8. The number of ketones is 1. The highest BCUT2D eigenvalue weighted by molar-refractivity contribution is 6.01. The first-order valence-electron chi connectivity index (χ1n) is 8.24. The summed E-state index contributed by atoms with van der Waals surface area (Å²) in [7, 11) is 0. The van der Waals surface area contributed by atoms with Crippen molar-refractivity contribution < 1.29 is 26.3 Å². The molecule has 0 unspecified atom stereocenters. The third kappa shape index (κ3) is 2.49. The Balaban J connectivity index is 2.64. The molecule has 1 aliphatic heterocycles. The third-order valence-corrected chi connectivity index (χ3v) is 2.80. The predicted molar refractivity (Wildman–Crippen MR) is 70.9 cm³/mol. The summed E-state index contributed by atoms with van der Waals surface area (Å²) < 4.78 is 39.6. The SMILES string of the molecule is [2H]C([2H])(C(C)=O)C([2H])([2H])[C@@]([2H])(C(N)=O)N1Cc2c(O)cccc2C1=O. The fourth-order valence-corrected chi connectivity index (χ4v) is 1.91. The molecule has 106 valence electrons. The topological polar surface area (TPSA) is 101 Å². The Bertz CT molecular complexity index is 782. The van der Waals surface area contributed by atoms with Gasteiger partial charge in [0.25, 0.3) is 5.91 Å². The highest BCUT2D eigenvalue weighted by atomic mass is 16.3. The molecule has 6 nitrogen and oxygen atoms in total. The number of primary amides is 1. The van der Waals surface area contributed by atoms with Crippen molar-refractivity contribution in [3.63, 3.8) is 0 Å². The van der Waals surface area contributed by atoms with Gasteiger partial charge in [0.15, 0.2) is 0 Å². The number of phenols is 1. The Morgan fingerprint density at radius 3 is 2.85 bits per heavy atom. The van der Waals surface area contributed by atoms with E-state index in [0.29, 0.717) is 4.90 Å². The molecular weight excluding hydrogens is 260 g/mol. The van der Waals surface area contributed by atoms with Gasteiger partial charge in [-0.25, -0.2) is 0 Å². The second-order valence-electron chi connectivity index (χ2n) is 4.21. The molecule has 0 aromatic heterocycles. The third-order valence-electron chi connectivity index (χ3n) is 2.80. The molecule has 6 heteroatoms. The maximum absolute atomic E-state index is 12.6. The van der Waals surface area contributed by atoms with E-state index in [2.05, 4.69) is 0 Å². The van der Waals surface area contributed by atoms with Gasteiger partial charge in [0, 0.05) is 23.0 Å². The van der Waals surface area contributed by atoms with Gasteiger partial charge in [-0.2, -0.15) is 0 Å². The number of carbonyl (C=O) groups is 3. The minimum atomic E-state index is -3.45.